The third-order valence-electron chi connectivity index (χ3n) is 4.38. The molecule has 1 amide bonds. The minimum Gasteiger partial charge on any atom is -0.481 e. The van der Waals surface area contributed by atoms with Crippen LogP contribution in [-0.4, -0.2) is 59.0 Å². The molecule has 5 nitrogen and oxygen atoms in total. The molecule has 0 radical (unpaired) electrons. The summed E-state index contributed by atoms with van der Waals surface area (Å²) in [5.74, 6) is 0.640. The van der Waals surface area contributed by atoms with Crippen molar-refractivity contribution < 1.29 is 9.53 Å². The van der Waals surface area contributed by atoms with E-state index in [2.05, 4.69) is 23.7 Å². The lowest BCUT2D eigenvalue weighted by molar-refractivity contribution is -0.0563. The monoisotopic (exact) mass is 275 g/mol. The Morgan fingerprint density at radius 2 is 2.05 bits per heavy atom. The second-order valence-electron chi connectivity index (χ2n) is 5.89. The van der Waals surface area contributed by atoms with Crippen LogP contribution in [0.1, 0.15) is 30.6 Å². The highest BCUT2D eigenvalue weighted by atomic mass is 16.5. The maximum absolute atomic E-state index is 12.5. The molecular formula is C15H21N3O2. The SMILES string of the molecule is COc1ccc(C(=O)N2C3CC2CN(C(C)C)C3)cn1. The van der Waals surface area contributed by atoms with Crippen molar-refractivity contribution in [2.45, 2.75) is 38.4 Å². The zero-order chi connectivity index (χ0) is 14.3. The van der Waals surface area contributed by atoms with Crippen LogP contribution in [0.4, 0.5) is 0 Å². The van der Waals surface area contributed by atoms with Crippen molar-refractivity contribution in [2.24, 2.45) is 0 Å². The molecule has 2 fully saturated rings. The smallest absolute Gasteiger partial charge is 0.256 e. The molecule has 5 heteroatoms. The van der Waals surface area contributed by atoms with Gasteiger partial charge in [-0.3, -0.25) is 9.69 Å². The topological polar surface area (TPSA) is 45.7 Å². The van der Waals surface area contributed by atoms with Crippen LogP contribution in [0.2, 0.25) is 0 Å². The minimum absolute atomic E-state index is 0.102. The van der Waals surface area contributed by atoms with Crippen molar-refractivity contribution in [3.05, 3.63) is 23.9 Å². The van der Waals surface area contributed by atoms with Crippen molar-refractivity contribution in [3.8, 4) is 5.88 Å². The molecule has 0 aromatic carbocycles. The highest BCUT2D eigenvalue weighted by Gasteiger charge is 2.47. The van der Waals surface area contributed by atoms with Crippen LogP contribution >= 0.6 is 0 Å². The average Bonchev–Trinajstić information content (AvgIpc) is 2.47. The van der Waals surface area contributed by atoms with Crippen LogP contribution in [0.25, 0.3) is 0 Å². The molecular weight excluding hydrogens is 254 g/mol. The van der Waals surface area contributed by atoms with Gasteiger partial charge in [0.15, 0.2) is 0 Å². The number of fused-ring (bicyclic) bond motifs is 2. The Morgan fingerprint density at radius 3 is 2.55 bits per heavy atom. The van der Waals surface area contributed by atoms with E-state index < -0.39 is 0 Å². The Hall–Kier alpha value is -1.62. The molecule has 2 aliphatic heterocycles. The molecule has 108 valence electrons. The number of methoxy groups -OCH3 is 1. The Balaban J connectivity index is 1.70. The highest BCUT2D eigenvalue weighted by Crippen LogP contribution is 2.34. The van der Waals surface area contributed by atoms with E-state index in [0.29, 0.717) is 29.6 Å². The number of hydrogen-bond acceptors (Lipinski definition) is 4. The molecule has 0 spiro atoms. The summed E-state index contributed by atoms with van der Waals surface area (Å²) < 4.78 is 5.02. The summed E-state index contributed by atoms with van der Waals surface area (Å²) in [5.41, 5.74) is 0.651. The lowest BCUT2D eigenvalue weighted by Crippen LogP contribution is -2.70. The molecule has 1 aromatic rings. The number of nitrogens with zero attached hydrogens (tertiary/aromatic N) is 3. The summed E-state index contributed by atoms with van der Waals surface area (Å²) in [6.45, 7) is 6.40. The van der Waals surface area contributed by atoms with Crippen LogP contribution in [-0.2, 0) is 0 Å². The van der Waals surface area contributed by atoms with Crippen molar-refractivity contribution in [1.29, 1.82) is 0 Å². The number of piperazine rings is 1. The standard InChI is InChI=1S/C15H21N3O2/c1-10(2)17-8-12-6-13(9-17)18(12)15(19)11-4-5-14(20-3)16-7-11/h4-5,7,10,12-13H,6,8-9H2,1-3H3. The molecule has 2 saturated heterocycles. The normalized spacial score (nSPS) is 25.5. The fourth-order valence-electron chi connectivity index (χ4n) is 3.17. The maximum Gasteiger partial charge on any atom is 0.256 e. The van der Waals surface area contributed by atoms with E-state index in [1.807, 2.05) is 4.90 Å². The number of pyridine rings is 1. The van der Waals surface area contributed by atoms with Crippen LogP contribution in [0.5, 0.6) is 5.88 Å². The average molecular weight is 275 g/mol. The Kier molecular flexibility index (Phi) is 3.38. The van der Waals surface area contributed by atoms with E-state index in [1.165, 1.54) is 0 Å². The predicted octanol–water partition coefficient (Wildman–Crippen LogP) is 1.40. The van der Waals surface area contributed by atoms with Gasteiger partial charge in [-0.2, -0.15) is 0 Å². The van der Waals surface area contributed by atoms with Crippen molar-refractivity contribution >= 4 is 5.91 Å². The summed E-state index contributed by atoms with van der Waals surface area (Å²) >= 11 is 0. The van der Waals surface area contributed by atoms with Gasteiger partial charge < -0.3 is 9.64 Å². The van der Waals surface area contributed by atoms with Gasteiger partial charge in [0.05, 0.1) is 12.7 Å². The van der Waals surface area contributed by atoms with Crippen LogP contribution in [0.3, 0.4) is 0 Å². The number of amides is 1. The third kappa shape index (κ3) is 2.16. The van der Waals surface area contributed by atoms with Gasteiger partial charge in [0.1, 0.15) is 0 Å². The number of piperidine rings is 1. The molecule has 2 aliphatic rings. The highest BCUT2D eigenvalue weighted by molar-refractivity contribution is 5.95. The molecule has 3 rings (SSSR count). The Bertz CT molecular complexity index is 488. The number of ether oxygens (including phenoxy) is 1. The Labute approximate surface area is 119 Å². The molecule has 2 bridgehead atoms. The van der Waals surface area contributed by atoms with Crippen LogP contribution in [0.15, 0.2) is 18.3 Å². The summed E-state index contributed by atoms with van der Waals surface area (Å²) in [6.07, 6.45) is 2.74. The van der Waals surface area contributed by atoms with Crippen molar-refractivity contribution in [2.75, 3.05) is 20.2 Å². The molecule has 20 heavy (non-hydrogen) atoms. The van der Waals surface area contributed by atoms with Gasteiger partial charge in [0.25, 0.3) is 5.91 Å². The first kappa shape index (κ1) is 13.4. The second kappa shape index (κ2) is 5.05. The number of hydrogen-bond donors (Lipinski definition) is 0. The van der Waals surface area contributed by atoms with Gasteiger partial charge in [-0.1, -0.05) is 0 Å². The van der Waals surface area contributed by atoms with E-state index >= 15 is 0 Å². The third-order valence-corrected chi connectivity index (χ3v) is 4.38. The van der Waals surface area contributed by atoms with Crippen LogP contribution < -0.4 is 4.74 Å². The molecule has 0 aliphatic carbocycles. The van der Waals surface area contributed by atoms with E-state index in [4.69, 9.17) is 4.74 Å². The molecule has 0 N–H and O–H groups in total. The largest absolute Gasteiger partial charge is 0.481 e. The van der Waals surface area contributed by atoms with Crippen LogP contribution in [0, 0.1) is 0 Å². The van der Waals surface area contributed by atoms with Gasteiger partial charge in [-0.05, 0) is 26.3 Å². The summed E-state index contributed by atoms with van der Waals surface area (Å²) in [4.78, 5) is 21.1. The molecule has 0 saturated carbocycles. The zero-order valence-electron chi connectivity index (χ0n) is 12.2. The summed E-state index contributed by atoms with van der Waals surface area (Å²) in [7, 11) is 1.57. The molecule has 2 unspecified atom stereocenters. The maximum atomic E-state index is 12.5. The first-order valence-electron chi connectivity index (χ1n) is 7.17. The fourth-order valence-corrected chi connectivity index (χ4v) is 3.17. The number of likely N-dealkylation sites (tertiary alicyclic amines) is 2. The molecule has 2 atom stereocenters. The van der Waals surface area contributed by atoms with Gasteiger partial charge in [0, 0.05) is 43.5 Å². The molecule has 3 heterocycles. The zero-order valence-corrected chi connectivity index (χ0v) is 12.2. The van der Waals surface area contributed by atoms with E-state index in [-0.39, 0.29) is 5.91 Å². The summed E-state index contributed by atoms with van der Waals surface area (Å²) in [6, 6.07) is 4.82. The van der Waals surface area contributed by atoms with E-state index in [0.717, 1.165) is 19.5 Å². The van der Waals surface area contributed by atoms with E-state index in [1.54, 1.807) is 25.4 Å². The number of carbonyl (C=O) groups is 1. The fraction of sp³-hybridized carbons (Fsp3) is 0.600. The lowest BCUT2D eigenvalue weighted by Gasteiger charge is -2.57. The minimum atomic E-state index is 0.102. The first-order valence-corrected chi connectivity index (χ1v) is 7.17. The van der Waals surface area contributed by atoms with Crippen molar-refractivity contribution in [3.63, 3.8) is 0 Å². The predicted molar refractivity (Wildman–Crippen MR) is 75.9 cm³/mol. The quantitative estimate of drug-likeness (QED) is 0.836. The van der Waals surface area contributed by atoms with Gasteiger partial charge >= 0.3 is 0 Å². The molecule has 1 aromatic heterocycles. The summed E-state index contributed by atoms with van der Waals surface area (Å²) in [5, 5.41) is 0. The Morgan fingerprint density at radius 1 is 1.35 bits per heavy atom. The van der Waals surface area contributed by atoms with Gasteiger partial charge in [0.2, 0.25) is 5.88 Å². The van der Waals surface area contributed by atoms with Gasteiger partial charge in [-0.15, -0.1) is 0 Å². The number of rotatable bonds is 3. The second-order valence-corrected chi connectivity index (χ2v) is 5.89. The number of carbonyl (C=O) groups excluding carboxylic acids is 1. The lowest BCUT2D eigenvalue weighted by atomic mass is 9.86. The number of aromatic nitrogens is 1. The van der Waals surface area contributed by atoms with Crippen molar-refractivity contribution in [1.82, 2.24) is 14.8 Å². The van der Waals surface area contributed by atoms with E-state index in [9.17, 15) is 4.79 Å². The van der Waals surface area contributed by atoms with Gasteiger partial charge in [-0.25, -0.2) is 4.98 Å². The first-order chi connectivity index (χ1) is 9.60.